The molecule has 0 radical (unpaired) electrons. The van der Waals surface area contributed by atoms with Crippen LogP contribution in [-0.4, -0.2) is 28.2 Å². The van der Waals surface area contributed by atoms with Crippen LogP contribution in [0.25, 0.3) is 0 Å². The van der Waals surface area contributed by atoms with Gasteiger partial charge in [-0.1, -0.05) is 0 Å². The van der Waals surface area contributed by atoms with E-state index in [9.17, 15) is 9.59 Å². The van der Waals surface area contributed by atoms with Crippen LogP contribution in [0.2, 0.25) is 0 Å². The number of carbonyl (C=O) groups is 2. The first-order valence-electron chi connectivity index (χ1n) is 4.27. The lowest BCUT2D eigenvalue weighted by molar-refractivity contribution is -0.139. The van der Waals surface area contributed by atoms with E-state index >= 15 is 0 Å². The van der Waals surface area contributed by atoms with Crippen LogP contribution in [0.1, 0.15) is 18.2 Å². The smallest absolute Gasteiger partial charge is 0.320 e. The van der Waals surface area contributed by atoms with Gasteiger partial charge in [-0.3, -0.25) is 9.59 Å². The second-order valence-electron chi connectivity index (χ2n) is 1.39. The first-order valence-corrected chi connectivity index (χ1v) is 2.27. The van der Waals surface area contributed by atoms with Crippen LogP contribution in [-0.2, 0) is 9.59 Å². The van der Waals surface area contributed by atoms with Gasteiger partial charge in [-0.2, -0.15) is 0 Å². The summed E-state index contributed by atoms with van der Waals surface area (Å²) in [7, 11) is 0. The summed E-state index contributed by atoms with van der Waals surface area (Å²) < 4.78 is 27.7. The highest BCUT2D eigenvalue weighted by molar-refractivity contribution is 5.74. The number of rotatable bonds is 4. The fourth-order valence-electron chi connectivity index (χ4n) is 0.201. The standard InChI is InChI=1S/C5H9NO4/c6-3(5(9)10)1-2-4(7)8/h3H,1-2,6H2,(H,7,8)(H,9,10)/t3-/m0/s1/i1T2,2T2. The highest BCUT2D eigenvalue weighted by Gasteiger charge is 2.12. The Hall–Kier alpha value is -1.10. The van der Waals surface area contributed by atoms with Crippen LogP contribution in [0.3, 0.4) is 0 Å². The molecule has 0 saturated heterocycles. The molecule has 0 amide bonds. The van der Waals surface area contributed by atoms with E-state index < -0.39 is 30.7 Å². The van der Waals surface area contributed by atoms with Crippen molar-refractivity contribution < 1.29 is 25.3 Å². The van der Waals surface area contributed by atoms with E-state index in [-0.39, 0.29) is 0 Å². The molecule has 0 aromatic rings. The molecule has 58 valence electrons. The maximum Gasteiger partial charge on any atom is 0.320 e. The normalized spacial score (nSPS) is 21.3. The van der Waals surface area contributed by atoms with Crippen molar-refractivity contribution in [1.29, 1.82) is 0 Å². The number of aliphatic carboxylic acids is 2. The van der Waals surface area contributed by atoms with Gasteiger partial charge in [0.25, 0.3) is 0 Å². The predicted molar refractivity (Wildman–Crippen MR) is 32.5 cm³/mol. The van der Waals surface area contributed by atoms with Crippen LogP contribution in [0, 0.1) is 0 Å². The quantitative estimate of drug-likeness (QED) is 0.496. The van der Waals surface area contributed by atoms with E-state index in [0.29, 0.717) is 0 Å². The Morgan fingerprint density at radius 2 is 2.10 bits per heavy atom. The van der Waals surface area contributed by atoms with Gasteiger partial charge in [-0.25, -0.2) is 0 Å². The summed E-state index contributed by atoms with van der Waals surface area (Å²) in [5.74, 6) is -3.90. The number of carboxylic acid groups (broad SMARTS) is 2. The molecule has 0 fully saturated rings. The summed E-state index contributed by atoms with van der Waals surface area (Å²) in [5.41, 5.74) is 4.84. The number of hydrogen-bond acceptors (Lipinski definition) is 3. The van der Waals surface area contributed by atoms with Crippen LogP contribution in [0.5, 0.6) is 0 Å². The second kappa shape index (κ2) is 3.84. The largest absolute Gasteiger partial charge is 0.481 e. The van der Waals surface area contributed by atoms with Gasteiger partial charge in [-0.15, -0.1) is 0 Å². The van der Waals surface area contributed by atoms with Gasteiger partial charge in [0.15, 0.2) is 0 Å². The monoisotopic (exact) mass is 155 g/mol. The van der Waals surface area contributed by atoms with Gasteiger partial charge in [0.1, 0.15) is 6.04 Å². The average molecular weight is 155 g/mol. The van der Waals surface area contributed by atoms with Crippen molar-refractivity contribution in [3.05, 3.63) is 0 Å². The van der Waals surface area contributed by atoms with Crippen LogP contribution >= 0.6 is 0 Å². The van der Waals surface area contributed by atoms with Crippen molar-refractivity contribution in [3.63, 3.8) is 0 Å². The van der Waals surface area contributed by atoms with Gasteiger partial charge in [0, 0.05) is 11.9 Å². The van der Waals surface area contributed by atoms with E-state index in [1.807, 2.05) is 0 Å². The number of nitrogens with two attached hydrogens (primary N) is 1. The molecule has 0 spiro atoms. The van der Waals surface area contributed by atoms with E-state index in [2.05, 4.69) is 0 Å². The van der Waals surface area contributed by atoms with Crippen molar-refractivity contribution in [2.45, 2.75) is 18.8 Å². The highest BCUT2D eigenvalue weighted by Crippen LogP contribution is 1.93. The molecular weight excluding hydrogens is 138 g/mol. The molecule has 0 saturated carbocycles. The Labute approximate surface area is 63.1 Å². The summed E-state index contributed by atoms with van der Waals surface area (Å²) in [6, 6.07) is -2.24. The van der Waals surface area contributed by atoms with E-state index in [1.165, 1.54) is 0 Å². The first-order chi connectivity index (χ1) is 6.05. The molecule has 5 nitrogen and oxygen atoms in total. The zero-order chi connectivity index (χ0) is 11.7. The predicted octanol–water partition coefficient (Wildman–Crippen LogP) is -0.737. The van der Waals surface area contributed by atoms with Crippen LogP contribution < -0.4 is 5.73 Å². The summed E-state index contributed by atoms with van der Waals surface area (Å²) in [5, 5.41) is 16.7. The average Bonchev–Trinajstić information content (AvgIpc) is 2.01. The molecular formula is C5H9NO4. The van der Waals surface area contributed by atoms with Crippen molar-refractivity contribution in [2.75, 3.05) is 0 Å². The minimum absolute atomic E-state index is 1.81. The van der Waals surface area contributed by atoms with E-state index in [4.69, 9.17) is 21.4 Å². The van der Waals surface area contributed by atoms with Crippen molar-refractivity contribution in [3.8, 4) is 0 Å². The molecule has 0 heterocycles. The van der Waals surface area contributed by atoms with Crippen molar-refractivity contribution >= 4 is 11.9 Å². The Balaban J connectivity index is 5.13. The molecule has 0 bridgehead atoms. The van der Waals surface area contributed by atoms with Crippen molar-refractivity contribution in [1.82, 2.24) is 0 Å². The lowest BCUT2D eigenvalue weighted by Crippen LogP contribution is -2.30. The Bertz CT molecular complexity index is 266. The number of hydrogen-bond donors (Lipinski definition) is 3. The third kappa shape index (κ3) is 3.85. The molecule has 4 N–H and O–H groups in total. The molecule has 0 aromatic heterocycles. The zero-order valence-corrected chi connectivity index (χ0v) is 4.87. The molecule has 0 rings (SSSR count). The Morgan fingerprint density at radius 3 is 2.40 bits per heavy atom. The summed E-state index contributed by atoms with van der Waals surface area (Å²) >= 11 is 0. The van der Waals surface area contributed by atoms with Gasteiger partial charge >= 0.3 is 11.9 Å². The minimum Gasteiger partial charge on any atom is -0.481 e. The van der Waals surface area contributed by atoms with Crippen LogP contribution in [0.15, 0.2) is 0 Å². The fourth-order valence-corrected chi connectivity index (χ4v) is 0.201. The molecule has 0 aliphatic carbocycles. The van der Waals surface area contributed by atoms with Crippen molar-refractivity contribution in [2.24, 2.45) is 5.73 Å². The summed E-state index contributed by atoms with van der Waals surface area (Å²) in [6.45, 7) is 0. The van der Waals surface area contributed by atoms with Gasteiger partial charge in [0.2, 0.25) is 0 Å². The molecule has 0 aliphatic rings. The lowest BCUT2D eigenvalue weighted by atomic mass is 10.2. The molecule has 0 unspecified atom stereocenters. The van der Waals surface area contributed by atoms with Gasteiger partial charge in [-0.05, 0) is 6.37 Å². The third-order valence-electron chi connectivity index (χ3n) is 0.601. The molecule has 0 aliphatic heterocycles. The maximum absolute atomic E-state index is 10.3. The highest BCUT2D eigenvalue weighted by atomic mass is 16.4. The van der Waals surface area contributed by atoms with E-state index in [0.717, 1.165) is 0 Å². The molecule has 5 heteroatoms. The topological polar surface area (TPSA) is 101 Å². The van der Waals surface area contributed by atoms with Gasteiger partial charge in [0.05, 0.1) is 0 Å². The summed E-state index contributed by atoms with van der Waals surface area (Å²) in [6.07, 6.45) is -6.55. The molecule has 10 heavy (non-hydrogen) atoms. The third-order valence-corrected chi connectivity index (χ3v) is 0.601. The fraction of sp³-hybridized carbons (Fsp3) is 0.600. The second-order valence-corrected chi connectivity index (χ2v) is 1.39. The maximum atomic E-state index is 10.3. The van der Waals surface area contributed by atoms with Crippen LogP contribution in [0.4, 0.5) is 0 Å². The summed E-state index contributed by atoms with van der Waals surface area (Å²) in [4.78, 5) is 20.6. The SMILES string of the molecule is [3H]C([3H])(C(=O)O)C([3H])([3H])[C@H](N)C(=O)O. The first kappa shape index (κ1) is 3.92. The Morgan fingerprint density at radius 1 is 1.60 bits per heavy atom. The molecule has 0 aromatic carbocycles. The Kier molecular flexibility index (Phi) is 1.51. The minimum atomic E-state index is -3.36. The molecule has 1 atom stereocenters. The van der Waals surface area contributed by atoms with Gasteiger partial charge < -0.3 is 15.9 Å². The number of carboxylic acids is 2. The lowest BCUT2D eigenvalue weighted by Gasteiger charge is -2.01. The zero-order valence-electron chi connectivity index (χ0n) is 8.87. The van der Waals surface area contributed by atoms with E-state index in [1.54, 1.807) is 0 Å².